The van der Waals surface area contributed by atoms with Gasteiger partial charge in [0.15, 0.2) is 0 Å². The molecule has 0 atom stereocenters. The fraction of sp³-hybridized carbons (Fsp3) is 0.444. The zero-order valence-electron chi connectivity index (χ0n) is 14.0. The Morgan fingerprint density at radius 2 is 2.00 bits per heavy atom. The number of aromatic nitrogens is 2. The van der Waals surface area contributed by atoms with Crippen LogP contribution in [0.5, 0.6) is 0 Å². The molecule has 1 aromatic heterocycles. The fourth-order valence-corrected chi connectivity index (χ4v) is 3.10. The predicted octanol–water partition coefficient (Wildman–Crippen LogP) is 1.43. The minimum absolute atomic E-state index is 0.138. The highest BCUT2D eigenvalue weighted by molar-refractivity contribution is 5.92. The highest BCUT2D eigenvalue weighted by Gasteiger charge is 2.33. The van der Waals surface area contributed by atoms with Crippen LogP contribution in [0.1, 0.15) is 34.5 Å². The molecule has 0 aliphatic carbocycles. The zero-order chi connectivity index (χ0) is 17.0. The molecular formula is C18H24N4O2. The maximum absolute atomic E-state index is 11.8. The molecule has 0 saturated carbocycles. The van der Waals surface area contributed by atoms with E-state index < -0.39 is 5.60 Å². The Kier molecular flexibility index (Phi) is 4.97. The Balaban J connectivity index is 1.45. The second-order valence-electron chi connectivity index (χ2n) is 6.47. The maximum atomic E-state index is 11.8. The van der Waals surface area contributed by atoms with Crippen LogP contribution in [0.3, 0.4) is 0 Å². The highest BCUT2D eigenvalue weighted by Crippen LogP contribution is 2.32. The van der Waals surface area contributed by atoms with Gasteiger partial charge in [-0.1, -0.05) is 29.8 Å². The summed E-state index contributed by atoms with van der Waals surface area (Å²) in [6.45, 7) is 5.06. The first-order valence-electron chi connectivity index (χ1n) is 8.36. The van der Waals surface area contributed by atoms with Gasteiger partial charge >= 0.3 is 0 Å². The molecule has 1 aliphatic heterocycles. The Morgan fingerprint density at radius 3 is 2.62 bits per heavy atom. The molecule has 2 heterocycles. The number of benzene rings is 1. The standard InChI is InChI=1S/C18H24N4O2/c1-14-2-4-15(5-3-14)18(24)7-11-22(12-8-18)13-10-19-17(23)16-6-9-20-21-16/h2-6,9,24H,7-8,10-13H2,1H3,(H,19,23)(H,20,21). The second-order valence-corrected chi connectivity index (χ2v) is 6.47. The molecule has 1 fully saturated rings. The van der Waals surface area contributed by atoms with E-state index >= 15 is 0 Å². The van der Waals surface area contributed by atoms with Crippen LogP contribution >= 0.6 is 0 Å². The predicted molar refractivity (Wildman–Crippen MR) is 91.7 cm³/mol. The Hall–Kier alpha value is -2.18. The number of aliphatic hydroxyl groups is 1. The third-order valence-corrected chi connectivity index (χ3v) is 4.73. The van der Waals surface area contributed by atoms with Crippen molar-refractivity contribution in [3.05, 3.63) is 53.3 Å². The molecule has 2 aromatic rings. The number of nitrogens with one attached hydrogen (secondary N) is 2. The molecule has 128 valence electrons. The molecule has 3 N–H and O–H groups in total. The van der Waals surface area contributed by atoms with E-state index in [1.807, 2.05) is 31.2 Å². The smallest absolute Gasteiger partial charge is 0.269 e. The number of rotatable bonds is 5. The van der Waals surface area contributed by atoms with Gasteiger partial charge in [-0.2, -0.15) is 5.10 Å². The number of amides is 1. The zero-order valence-corrected chi connectivity index (χ0v) is 14.0. The molecule has 0 spiro atoms. The first kappa shape index (κ1) is 16.7. The van der Waals surface area contributed by atoms with E-state index in [2.05, 4.69) is 20.4 Å². The van der Waals surface area contributed by atoms with Crippen LogP contribution in [-0.2, 0) is 5.60 Å². The van der Waals surface area contributed by atoms with Crippen LogP contribution in [0, 0.1) is 6.92 Å². The minimum Gasteiger partial charge on any atom is -0.385 e. The van der Waals surface area contributed by atoms with Crippen molar-refractivity contribution >= 4 is 5.91 Å². The quantitative estimate of drug-likeness (QED) is 0.776. The van der Waals surface area contributed by atoms with E-state index in [1.165, 1.54) is 5.56 Å². The number of aromatic amines is 1. The maximum Gasteiger partial charge on any atom is 0.269 e. The van der Waals surface area contributed by atoms with Gasteiger partial charge in [-0.25, -0.2) is 0 Å². The van der Waals surface area contributed by atoms with Crippen LogP contribution in [0.15, 0.2) is 36.5 Å². The molecular weight excluding hydrogens is 304 g/mol. The molecule has 6 nitrogen and oxygen atoms in total. The summed E-state index contributed by atoms with van der Waals surface area (Å²) < 4.78 is 0. The fourth-order valence-electron chi connectivity index (χ4n) is 3.10. The van der Waals surface area contributed by atoms with Gasteiger partial charge in [-0.05, 0) is 31.4 Å². The number of piperidine rings is 1. The van der Waals surface area contributed by atoms with Gasteiger partial charge in [0.25, 0.3) is 5.91 Å². The summed E-state index contributed by atoms with van der Waals surface area (Å²) in [5, 5.41) is 20.2. The van der Waals surface area contributed by atoms with E-state index in [4.69, 9.17) is 0 Å². The number of carbonyl (C=O) groups is 1. The van der Waals surface area contributed by atoms with E-state index in [-0.39, 0.29) is 5.91 Å². The van der Waals surface area contributed by atoms with Crippen molar-refractivity contribution in [2.75, 3.05) is 26.2 Å². The van der Waals surface area contributed by atoms with Gasteiger partial charge < -0.3 is 15.3 Å². The number of likely N-dealkylation sites (tertiary alicyclic amines) is 1. The SMILES string of the molecule is Cc1ccc(C2(O)CCN(CCNC(=O)c3ccn[nH]3)CC2)cc1. The third-order valence-electron chi connectivity index (χ3n) is 4.73. The van der Waals surface area contributed by atoms with Crippen LogP contribution in [0.2, 0.25) is 0 Å². The van der Waals surface area contributed by atoms with Crippen molar-refractivity contribution in [1.29, 1.82) is 0 Å². The normalized spacial score (nSPS) is 17.6. The molecule has 3 rings (SSSR count). The molecule has 24 heavy (non-hydrogen) atoms. The van der Waals surface area contributed by atoms with E-state index in [0.29, 0.717) is 25.1 Å². The van der Waals surface area contributed by atoms with Gasteiger partial charge in [-0.3, -0.25) is 9.89 Å². The summed E-state index contributed by atoms with van der Waals surface area (Å²) in [7, 11) is 0. The molecule has 1 amide bonds. The van der Waals surface area contributed by atoms with Gasteiger partial charge in [0.05, 0.1) is 5.60 Å². The van der Waals surface area contributed by atoms with Crippen LogP contribution in [0.25, 0.3) is 0 Å². The number of aryl methyl sites for hydroxylation is 1. The lowest BCUT2D eigenvalue weighted by molar-refractivity contribution is -0.0255. The molecule has 6 heteroatoms. The summed E-state index contributed by atoms with van der Waals surface area (Å²) in [5.41, 5.74) is 1.94. The molecule has 0 unspecified atom stereocenters. The average Bonchev–Trinajstić information content (AvgIpc) is 3.12. The second kappa shape index (κ2) is 7.15. The van der Waals surface area contributed by atoms with Crippen molar-refractivity contribution in [3.8, 4) is 0 Å². The topological polar surface area (TPSA) is 81.2 Å². The van der Waals surface area contributed by atoms with E-state index in [9.17, 15) is 9.90 Å². The molecule has 1 aromatic carbocycles. The summed E-state index contributed by atoms with van der Waals surface area (Å²) in [6.07, 6.45) is 2.99. The summed E-state index contributed by atoms with van der Waals surface area (Å²) >= 11 is 0. The first-order chi connectivity index (χ1) is 11.6. The number of hydrogen-bond donors (Lipinski definition) is 3. The average molecular weight is 328 g/mol. The molecule has 1 saturated heterocycles. The van der Waals surface area contributed by atoms with Crippen molar-refractivity contribution in [3.63, 3.8) is 0 Å². The van der Waals surface area contributed by atoms with Crippen molar-refractivity contribution in [1.82, 2.24) is 20.4 Å². The Morgan fingerprint density at radius 1 is 1.29 bits per heavy atom. The van der Waals surface area contributed by atoms with Crippen LogP contribution in [-0.4, -0.2) is 52.3 Å². The number of nitrogens with zero attached hydrogens (tertiary/aromatic N) is 2. The van der Waals surface area contributed by atoms with Crippen molar-refractivity contribution in [2.45, 2.75) is 25.4 Å². The Bertz CT molecular complexity index is 659. The van der Waals surface area contributed by atoms with E-state index in [1.54, 1.807) is 12.3 Å². The van der Waals surface area contributed by atoms with Gasteiger partial charge in [-0.15, -0.1) is 0 Å². The summed E-state index contributed by atoms with van der Waals surface area (Å²) in [4.78, 5) is 14.1. The number of hydrogen-bond acceptors (Lipinski definition) is 4. The minimum atomic E-state index is -0.733. The van der Waals surface area contributed by atoms with Gasteiger partial charge in [0.2, 0.25) is 0 Å². The largest absolute Gasteiger partial charge is 0.385 e. The lowest BCUT2D eigenvalue weighted by Crippen LogP contribution is -2.45. The lowest BCUT2D eigenvalue weighted by atomic mass is 9.84. The van der Waals surface area contributed by atoms with Crippen molar-refractivity contribution in [2.24, 2.45) is 0 Å². The first-order valence-corrected chi connectivity index (χ1v) is 8.36. The monoisotopic (exact) mass is 328 g/mol. The highest BCUT2D eigenvalue weighted by atomic mass is 16.3. The van der Waals surface area contributed by atoms with Crippen LogP contribution < -0.4 is 5.32 Å². The molecule has 1 aliphatic rings. The lowest BCUT2D eigenvalue weighted by Gasteiger charge is -2.38. The Labute approximate surface area is 141 Å². The number of H-pyrrole nitrogens is 1. The molecule has 0 bridgehead atoms. The van der Waals surface area contributed by atoms with Crippen LogP contribution in [0.4, 0.5) is 0 Å². The van der Waals surface area contributed by atoms with Gasteiger partial charge in [0, 0.05) is 32.4 Å². The van der Waals surface area contributed by atoms with Gasteiger partial charge in [0.1, 0.15) is 5.69 Å². The molecule has 0 radical (unpaired) electrons. The van der Waals surface area contributed by atoms with Crippen molar-refractivity contribution < 1.29 is 9.90 Å². The third kappa shape index (κ3) is 3.83. The summed E-state index contributed by atoms with van der Waals surface area (Å²) in [5.74, 6) is -0.138. The van der Waals surface area contributed by atoms with E-state index in [0.717, 1.165) is 25.2 Å². The number of carbonyl (C=O) groups excluding carboxylic acids is 1. The summed E-state index contributed by atoms with van der Waals surface area (Å²) in [6, 6.07) is 9.79.